The van der Waals surface area contributed by atoms with Crippen molar-refractivity contribution in [2.75, 3.05) is 40.5 Å². The second kappa shape index (κ2) is 14.7. The van der Waals surface area contributed by atoms with Gasteiger partial charge in [-0.2, -0.15) is 0 Å². The number of carbonyl (C=O) groups is 1. The van der Waals surface area contributed by atoms with E-state index in [1.54, 1.807) is 14.2 Å². The van der Waals surface area contributed by atoms with E-state index in [4.69, 9.17) is 9.47 Å². The summed E-state index contributed by atoms with van der Waals surface area (Å²) in [6.45, 7) is 6.69. The Labute approximate surface area is 169 Å². The van der Waals surface area contributed by atoms with E-state index in [0.717, 1.165) is 24.3 Å². The molecule has 0 unspecified atom stereocenters. The lowest BCUT2D eigenvalue weighted by molar-refractivity contribution is -0.120. The molecule has 0 saturated heterocycles. The van der Waals surface area contributed by atoms with Gasteiger partial charge in [-0.3, -0.25) is 9.79 Å². The Balaban J connectivity index is 2.49. The van der Waals surface area contributed by atoms with Crippen LogP contribution in [0.25, 0.3) is 0 Å². The maximum atomic E-state index is 11.8. The number of carbonyl (C=O) groups excluding carboxylic acids is 1. The number of methoxy groups -OCH3 is 1. The molecular formula is C21H36N4O3. The standard InChI is InChI=1S/C21H36N4O3/c1-5-6-7-8-12-28-19-14-17(2)9-10-18(19)15-24-21(22-3)25-16-20(26)23-11-13-27-4/h9-10,14H,5-8,11-13,15-16H2,1-4H3,(H,23,26)(H2,22,24,25). The molecule has 0 aliphatic rings. The Morgan fingerprint density at radius 2 is 1.93 bits per heavy atom. The number of hydrogen-bond donors (Lipinski definition) is 3. The van der Waals surface area contributed by atoms with Crippen LogP contribution in [0.5, 0.6) is 5.75 Å². The van der Waals surface area contributed by atoms with Crippen LogP contribution in [0.3, 0.4) is 0 Å². The predicted molar refractivity (Wildman–Crippen MR) is 114 cm³/mol. The van der Waals surface area contributed by atoms with Crippen LogP contribution in [0.4, 0.5) is 0 Å². The quantitative estimate of drug-likeness (QED) is 0.273. The first-order valence-electron chi connectivity index (χ1n) is 10.0. The minimum atomic E-state index is -0.105. The topological polar surface area (TPSA) is 84.0 Å². The molecule has 7 nitrogen and oxygen atoms in total. The van der Waals surface area contributed by atoms with Gasteiger partial charge in [-0.25, -0.2) is 0 Å². The van der Waals surface area contributed by atoms with Crippen molar-refractivity contribution in [2.45, 2.75) is 46.1 Å². The highest BCUT2D eigenvalue weighted by Gasteiger charge is 2.07. The first kappa shape index (κ1) is 23.8. The summed E-state index contributed by atoms with van der Waals surface area (Å²) < 4.78 is 10.9. The maximum Gasteiger partial charge on any atom is 0.239 e. The highest BCUT2D eigenvalue weighted by Crippen LogP contribution is 2.20. The van der Waals surface area contributed by atoms with Crippen molar-refractivity contribution in [1.82, 2.24) is 16.0 Å². The fraction of sp³-hybridized carbons (Fsp3) is 0.619. The largest absolute Gasteiger partial charge is 0.493 e. The van der Waals surface area contributed by atoms with Crippen LogP contribution in [0.2, 0.25) is 0 Å². The second-order valence-electron chi connectivity index (χ2n) is 6.64. The van der Waals surface area contributed by atoms with E-state index in [2.05, 4.69) is 53.0 Å². The van der Waals surface area contributed by atoms with E-state index >= 15 is 0 Å². The van der Waals surface area contributed by atoms with Crippen molar-refractivity contribution < 1.29 is 14.3 Å². The van der Waals surface area contributed by atoms with Gasteiger partial charge in [0.2, 0.25) is 5.91 Å². The number of nitrogens with one attached hydrogen (secondary N) is 3. The molecule has 7 heteroatoms. The van der Waals surface area contributed by atoms with Gasteiger partial charge in [0.1, 0.15) is 5.75 Å². The fourth-order valence-electron chi connectivity index (χ4n) is 2.57. The van der Waals surface area contributed by atoms with Gasteiger partial charge in [0.15, 0.2) is 5.96 Å². The SMILES string of the molecule is CCCCCCOc1cc(C)ccc1CNC(=NC)NCC(=O)NCCOC. The van der Waals surface area contributed by atoms with Crippen LogP contribution in [0.1, 0.15) is 43.7 Å². The third-order valence-electron chi connectivity index (χ3n) is 4.19. The summed E-state index contributed by atoms with van der Waals surface area (Å²) in [4.78, 5) is 15.9. The monoisotopic (exact) mass is 392 g/mol. The number of rotatable bonds is 13. The number of benzene rings is 1. The molecule has 0 saturated carbocycles. The minimum Gasteiger partial charge on any atom is -0.493 e. The minimum absolute atomic E-state index is 0.105. The Bertz CT molecular complexity index is 605. The Morgan fingerprint density at radius 3 is 2.64 bits per heavy atom. The molecule has 0 heterocycles. The van der Waals surface area contributed by atoms with Gasteiger partial charge in [-0.1, -0.05) is 38.3 Å². The van der Waals surface area contributed by atoms with Gasteiger partial charge in [0.25, 0.3) is 0 Å². The number of hydrogen-bond acceptors (Lipinski definition) is 4. The summed E-state index contributed by atoms with van der Waals surface area (Å²) in [5, 5.41) is 9.00. The van der Waals surface area contributed by atoms with Crippen molar-refractivity contribution in [3.8, 4) is 5.75 Å². The van der Waals surface area contributed by atoms with E-state index in [0.29, 0.717) is 25.7 Å². The zero-order valence-electron chi connectivity index (χ0n) is 17.8. The Kier molecular flexibility index (Phi) is 12.5. The number of aliphatic imine (C=N–C) groups is 1. The van der Waals surface area contributed by atoms with Gasteiger partial charge < -0.3 is 25.4 Å². The normalized spacial score (nSPS) is 11.2. The molecule has 0 aliphatic heterocycles. The van der Waals surface area contributed by atoms with Crippen LogP contribution < -0.4 is 20.7 Å². The first-order chi connectivity index (χ1) is 13.6. The smallest absolute Gasteiger partial charge is 0.239 e. The molecule has 158 valence electrons. The molecule has 28 heavy (non-hydrogen) atoms. The number of amides is 1. The van der Waals surface area contributed by atoms with Gasteiger partial charge in [-0.05, 0) is 25.0 Å². The predicted octanol–water partition coefficient (Wildman–Crippen LogP) is 2.38. The molecular weight excluding hydrogens is 356 g/mol. The average molecular weight is 393 g/mol. The molecule has 1 rings (SSSR count). The lowest BCUT2D eigenvalue weighted by Gasteiger charge is -2.15. The second-order valence-corrected chi connectivity index (χ2v) is 6.64. The zero-order chi connectivity index (χ0) is 20.6. The first-order valence-corrected chi connectivity index (χ1v) is 10.0. The summed E-state index contributed by atoms with van der Waals surface area (Å²) >= 11 is 0. The van der Waals surface area contributed by atoms with Gasteiger partial charge >= 0.3 is 0 Å². The lowest BCUT2D eigenvalue weighted by atomic mass is 10.1. The van der Waals surface area contributed by atoms with Crippen LogP contribution in [0, 0.1) is 6.92 Å². The molecule has 0 fully saturated rings. The molecule has 0 radical (unpaired) electrons. The summed E-state index contributed by atoms with van der Waals surface area (Å²) in [7, 11) is 3.28. The average Bonchev–Trinajstić information content (AvgIpc) is 2.69. The number of aryl methyl sites for hydroxylation is 1. The molecule has 0 spiro atoms. The van der Waals surface area contributed by atoms with E-state index < -0.39 is 0 Å². The Morgan fingerprint density at radius 1 is 1.11 bits per heavy atom. The third kappa shape index (κ3) is 10.2. The molecule has 3 N–H and O–H groups in total. The molecule has 0 aliphatic carbocycles. The third-order valence-corrected chi connectivity index (χ3v) is 4.19. The number of ether oxygens (including phenoxy) is 2. The number of nitrogens with zero attached hydrogens (tertiary/aromatic N) is 1. The molecule has 1 aromatic carbocycles. The molecule has 1 aromatic rings. The lowest BCUT2D eigenvalue weighted by Crippen LogP contribution is -2.43. The van der Waals surface area contributed by atoms with Crippen LogP contribution in [0.15, 0.2) is 23.2 Å². The van der Waals surface area contributed by atoms with E-state index in [9.17, 15) is 4.79 Å². The summed E-state index contributed by atoms with van der Waals surface area (Å²) in [5.41, 5.74) is 2.23. The van der Waals surface area contributed by atoms with E-state index in [-0.39, 0.29) is 12.5 Å². The van der Waals surface area contributed by atoms with Crippen LogP contribution >= 0.6 is 0 Å². The van der Waals surface area contributed by atoms with Crippen LogP contribution in [-0.2, 0) is 16.1 Å². The highest BCUT2D eigenvalue weighted by atomic mass is 16.5. The summed E-state index contributed by atoms with van der Waals surface area (Å²) in [5.74, 6) is 1.36. The van der Waals surface area contributed by atoms with Gasteiger partial charge in [0.05, 0.1) is 19.8 Å². The molecule has 0 aromatic heterocycles. The summed E-state index contributed by atoms with van der Waals surface area (Å²) in [6.07, 6.45) is 4.72. The van der Waals surface area contributed by atoms with Crippen molar-refractivity contribution >= 4 is 11.9 Å². The maximum absolute atomic E-state index is 11.8. The van der Waals surface area contributed by atoms with Crippen molar-refractivity contribution in [3.63, 3.8) is 0 Å². The van der Waals surface area contributed by atoms with Crippen molar-refractivity contribution in [2.24, 2.45) is 4.99 Å². The highest BCUT2D eigenvalue weighted by molar-refractivity contribution is 5.86. The fourth-order valence-corrected chi connectivity index (χ4v) is 2.57. The van der Waals surface area contributed by atoms with Gasteiger partial charge in [0, 0.05) is 32.8 Å². The number of guanidine groups is 1. The zero-order valence-corrected chi connectivity index (χ0v) is 17.8. The van der Waals surface area contributed by atoms with Crippen LogP contribution in [-0.4, -0.2) is 52.3 Å². The van der Waals surface area contributed by atoms with Crippen molar-refractivity contribution in [3.05, 3.63) is 29.3 Å². The molecule has 0 atom stereocenters. The van der Waals surface area contributed by atoms with Crippen molar-refractivity contribution in [1.29, 1.82) is 0 Å². The van der Waals surface area contributed by atoms with Gasteiger partial charge in [-0.15, -0.1) is 0 Å². The Hall–Kier alpha value is -2.28. The van der Waals surface area contributed by atoms with E-state index in [1.807, 2.05) is 0 Å². The molecule has 1 amide bonds. The van der Waals surface area contributed by atoms with E-state index in [1.165, 1.54) is 24.8 Å². The summed E-state index contributed by atoms with van der Waals surface area (Å²) in [6, 6.07) is 6.20. The molecule has 0 bridgehead atoms. The number of unbranched alkanes of at least 4 members (excludes halogenated alkanes) is 3.